The topological polar surface area (TPSA) is 97.0 Å². The second kappa shape index (κ2) is 9.77. The summed E-state index contributed by atoms with van der Waals surface area (Å²) in [6.07, 6.45) is 3.55. The highest BCUT2D eigenvalue weighted by Gasteiger charge is 2.35. The third-order valence-corrected chi connectivity index (χ3v) is 7.55. The lowest BCUT2D eigenvalue weighted by Crippen LogP contribution is -2.42. The Morgan fingerprint density at radius 1 is 1.10 bits per heavy atom. The van der Waals surface area contributed by atoms with E-state index in [0.29, 0.717) is 36.1 Å². The molecule has 29 heavy (non-hydrogen) atoms. The summed E-state index contributed by atoms with van der Waals surface area (Å²) in [6.45, 7) is 3.68. The van der Waals surface area contributed by atoms with Crippen LogP contribution in [0.3, 0.4) is 0 Å². The molecule has 162 valence electrons. The number of nitrogens with one attached hydrogen (secondary N) is 2. The number of carbonyl (C=O) groups excluding carboxylic acids is 1. The summed E-state index contributed by atoms with van der Waals surface area (Å²) < 4.78 is 36.8. The fourth-order valence-electron chi connectivity index (χ4n) is 3.57. The van der Waals surface area contributed by atoms with Crippen LogP contribution in [0, 0.1) is 5.92 Å². The van der Waals surface area contributed by atoms with Crippen molar-refractivity contribution in [1.82, 2.24) is 14.9 Å². The van der Waals surface area contributed by atoms with Crippen LogP contribution in [0.4, 0.5) is 0 Å². The zero-order valence-electron chi connectivity index (χ0n) is 17.1. The van der Waals surface area contributed by atoms with Gasteiger partial charge in [-0.25, -0.2) is 13.1 Å². The molecule has 2 aliphatic rings. The van der Waals surface area contributed by atoms with Gasteiger partial charge in [0.05, 0.1) is 19.5 Å². The lowest BCUT2D eigenvalue weighted by Gasteiger charge is -2.32. The molecule has 1 aliphatic carbocycles. The van der Waals surface area contributed by atoms with E-state index in [1.165, 1.54) is 0 Å². The molecule has 1 heterocycles. The van der Waals surface area contributed by atoms with Crippen molar-refractivity contribution in [2.45, 2.75) is 30.9 Å². The minimum atomic E-state index is -3.09. The number of likely N-dealkylation sites (tertiary alicyclic amines) is 1. The third-order valence-electron chi connectivity index (χ3n) is 5.60. The number of carbonyl (C=O) groups is 1. The fraction of sp³-hybridized carbons (Fsp3) is 0.650. The molecule has 1 aliphatic heterocycles. The number of hydrogen-bond acceptors (Lipinski definition) is 6. The van der Waals surface area contributed by atoms with Gasteiger partial charge in [-0.1, -0.05) is 0 Å². The molecule has 1 aromatic rings. The highest BCUT2D eigenvalue weighted by molar-refractivity contribution is 7.90. The van der Waals surface area contributed by atoms with E-state index in [1.54, 1.807) is 32.4 Å². The van der Waals surface area contributed by atoms with Crippen molar-refractivity contribution in [1.29, 1.82) is 0 Å². The molecule has 8 nitrogen and oxygen atoms in total. The van der Waals surface area contributed by atoms with Gasteiger partial charge < -0.3 is 19.7 Å². The SMILES string of the molecule is COc1ccc(C(=O)NCC2CCN(CCNS(=O)(=O)C3CC3)CC2)cc1OC. The first-order valence-electron chi connectivity index (χ1n) is 10.1. The van der Waals surface area contributed by atoms with Crippen molar-refractivity contribution in [3.8, 4) is 11.5 Å². The molecule has 0 atom stereocenters. The first-order chi connectivity index (χ1) is 13.9. The molecule has 1 amide bonds. The van der Waals surface area contributed by atoms with Crippen LogP contribution >= 0.6 is 0 Å². The van der Waals surface area contributed by atoms with Crippen molar-refractivity contribution >= 4 is 15.9 Å². The first kappa shape index (κ1) is 21.9. The van der Waals surface area contributed by atoms with Crippen LogP contribution in [0.2, 0.25) is 0 Å². The molecule has 1 saturated carbocycles. The molecule has 2 fully saturated rings. The molecule has 0 unspecified atom stereocenters. The zero-order valence-corrected chi connectivity index (χ0v) is 18.0. The molecular weight excluding hydrogens is 394 g/mol. The highest BCUT2D eigenvalue weighted by Crippen LogP contribution is 2.28. The number of benzene rings is 1. The number of nitrogens with zero attached hydrogens (tertiary/aromatic N) is 1. The average molecular weight is 426 g/mol. The van der Waals surface area contributed by atoms with Gasteiger partial charge in [0.2, 0.25) is 10.0 Å². The first-order valence-corrected chi connectivity index (χ1v) is 11.7. The Morgan fingerprint density at radius 2 is 1.79 bits per heavy atom. The minimum absolute atomic E-state index is 0.122. The van der Waals surface area contributed by atoms with E-state index >= 15 is 0 Å². The van der Waals surface area contributed by atoms with Gasteiger partial charge >= 0.3 is 0 Å². The van der Waals surface area contributed by atoms with Crippen LogP contribution in [0.15, 0.2) is 18.2 Å². The minimum Gasteiger partial charge on any atom is -0.493 e. The summed E-state index contributed by atoms with van der Waals surface area (Å²) in [4.78, 5) is 14.7. The Bertz CT molecular complexity index is 802. The summed E-state index contributed by atoms with van der Waals surface area (Å²) in [7, 11) is 0.0137. The number of piperidine rings is 1. The van der Waals surface area contributed by atoms with Gasteiger partial charge in [0, 0.05) is 25.2 Å². The average Bonchev–Trinajstić information content (AvgIpc) is 3.58. The van der Waals surface area contributed by atoms with Crippen LogP contribution in [-0.2, 0) is 10.0 Å². The number of methoxy groups -OCH3 is 2. The molecule has 0 bridgehead atoms. The molecule has 0 radical (unpaired) electrons. The molecule has 0 aromatic heterocycles. The Morgan fingerprint density at radius 3 is 2.41 bits per heavy atom. The summed E-state index contributed by atoms with van der Waals surface area (Å²) >= 11 is 0. The largest absolute Gasteiger partial charge is 0.493 e. The van der Waals surface area contributed by atoms with Gasteiger partial charge in [-0.3, -0.25) is 4.79 Å². The lowest BCUT2D eigenvalue weighted by molar-refractivity contribution is 0.0936. The normalized spacial score (nSPS) is 18.4. The van der Waals surface area contributed by atoms with E-state index in [1.807, 2.05) is 0 Å². The van der Waals surface area contributed by atoms with Crippen LogP contribution in [0.1, 0.15) is 36.0 Å². The number of ether oxygens (including phenoxy) is 2. The van der Waals surface area contributed by atoms with Gasteiger partial charge in [-0.15, -0.1) is 0 Å². The predicted octanol–water partition coefficient (Wildman–Crippen LogP) is 1.23. The summed E-state index contributed by atoms with van der Waals surface area (Å²) in [5.41, 5.74) is 0.544. The smallest absolute Gasteiger partial charge is 0.251 e. The third kappa shape index (κ3) is 6.07. The monoisotopic (exact) mass is 425 g/mol. The number of amides is 1. The zero-order chi connectivity index (χ0) is 20.9. The van der Waals surface area contributed by atoms with E-state index in [4.69, 9.17) is 9.47 Å². The van der Waals surface area contributed by atoms with Gasteiger partial charge in [-0.2, -0.15) is 0 Å². The van der Waals surface area contributed by atoms with Crippen molar-refractivity contribution in [3.63, 3.8) is 0 Å². The van der Waals surface area contributed by atoms with Gasteiger partial charge in [0.25, 0.3) is 5.91 Å². The Kier molecular flexibility index (Phi) is 7.37. The Labute approximate surface area is 173 Å². The molecule has 1 aromatic carbocycles. The van der Waals surface area contributed by atoms with Crippen LogP contribution in [-0.4, -0.2) is 71.4 Å². The van der Waals surface area contributed by atoms with Gasteiger partial charge in [-0.05, 0) is 62.9 Å². The van der Waals surface area contributed by atoms with Crippen LogP contribution in [0.5, 0.6) is 11.5 Å². The van der Waals surface area contributed by atoms with E-state index in [2.05, 4.69) is 14.9 Å². The predicted molar refractivity (Wildman–Crippen MR) is 111 cm³/mol. The number of sulfonamides is 1. The van der Waals surface area contributed by atoms with Crippen LogP contribution in [0.25, 0.3) is 0 Å². The van der Waals surface area contributed by atoms with Gasteiger partial charge in [0.1, 0.15) is 0 Å². The van der Waals surface area contributed by atoms with Crippen molar-refractivity contribution in [2.24, 2.45) is 5.92 Å². The highest BCUT2D eigenvalue weighted by atomic mass is 32.2. The standard InChI is InChI=1S/C20H31N3O5S/c1-27-18-6-3-16(13-19(18)28-2)20(24)21-14-15-7-10-23(11-8-15)12-9-22-29(25,26)17-4-5-17/h3,6,13,15,17,22H,4-5,7-12,14H2,1-2H3,(H,21,24). The number of hydrogen-bond donors (Lipinski definition) is 2. The molecular formula is C20H31N3O5S. The van der Waals surface area contributed by atoms with Crippen molar-refractivity contribution < 1.29 is 22.7 Å². The fourth-order valence-corrected chi connectivity index (χ4v) is 4.94. The molecule has 1 saturated heterocycles. The lowest BCUT2D eigenvalue weighted by atomic mass is 9.96. The second-order valence-electron chi connectivity index (χ2n) is 7.70. The number of rotatable bonds is 10. The maximum absolute atomic E-state index is 12.4. The van der Waals surface area contributed by atoms with E-state index in [-0.39, 0.29) is 11.2 Å². The molecule has 0 spiro atoms. The van der Waals surface area contributed by atoms with Crippen molar-refractivity contribution in [3.05, 3.63) is 23.8 Å². The van der Waals surface area contributed by atoms with Gasteiger partial charge in [0.15, 0.2) is 11.5 Å². The molecule has 2 N–H and O–H groups in total. The summed E-state index contributed by atoms with van der Waals surface area (Å²) in [6, 6.07) is 5.13. The Hall–Kier alpha value is -1.84. The quantitative estimate of drug-likeness (QED) is 0.585. The maximum atomic E-state index is 12.4. The summed E-state index contributed by atoms with van der Waals surface area (Å²) in [5.74, 6) is 1.43. The van der Waals surface area contributed by atoms with Crippen molar-refractivity contribution in [2.75, 3.05) is 46.9 Å². The maximum Gasteiger partial charge on any atom is 0.251 e. The molecule has 9 heteroatoms. The van der Waals surface area contributed by atoms with E-state index in [0.717, 1.165) is 45.3 Å². The molecule has 3 rings (SSSR count). The second-order valence-corrected chi connectivity index (χ2v) is 9.75. The summed E-state index contributed by atoms with van der Waals surface area (Å²) in [5, 5.41) is 2.84. The van der Waals surface area contributed by atoms with E-state index in [9.17, 15) is 13.2 Å². The van der Waals surface area contributed by atoms with Crippen LogP contribution < -0.4 is 19.5 Å². The van der Waals surface area contributed by atoms with E-state index < -0.39 is 10.0 Å². The Balaban J connectivity index is 1.37.